The van der Waals surface area contributed by atoms with E-state index >= 15 is 0 Å². The summed E-state index contributed by atoms with van der Waals surface area (Å²) in [5.74, 6) is -0.492. The third-order valence-electron chi connectivity index (χ3n) is 2.85. The maximum atomic E-state index is 13.7. The summed E-state index contributed by atoms with van der Waals surface area (Å²) in [6.07, 6.45) is 0.928. The van der Waals surface area contributed by atoms with Gasteiger partial charge < -0.3 is 10.1 Å². The first kappa shape index (κ1) is 15.8. The van der Waals surface area contributed by atoms with Gasteiger partial charge >= 0.3 is 0 Å². The van der Waals surface area contributed by atoms with Crippen molar-refractivity contribution < 1.29 is 13.5 Å². The van der Waals surface area contributed by atoms with Crippen LogP contribution in [0.2, 0.25) is 0 Å². The Balaban J connectivity index is 2.06. The number of benzene rings is 2. The Bertz CT molecular complexity index is 596. The van der Waals surface area contributed by atoms with E-state index in [1.165, 1.54) is 12.1 Å². The maximum Gasteiger partial charge on any atom is 0.150 e. The van der Waals surface area contributed by atoms with Gasteiger partial charge in [-0.25, -0.2) is 8.78 Å². The first-order valence-electron chi connectivity index (χ1n) is 6.70. The van der Waals surface area contributed by atoms with E-state index < -0.39 is 11.6 Å². The Morgan fingerprint density at radius 1 is 1.14 bits per heavy atom. The lowest BCUT2D eigenvalue weighted by Gasteiger charge is -2.11. The minimum absolute atomic E-state index is 0.127. The maximum absolute atomic E-state index is 13.7. The van der Waals surface area contributed by atoms with Crippen molar-refractivity contribution in [3.8, 4) is 5.75 Å². The number of hydrogen-bond acceptors (Lipinski definition) is 2. The molecular weight excluding hydrogens is 340 g/mol. The van der Waals surface area contributed by atoms with Crippen LogP contribution in [-0.4, -0.2) is 6.61 Å². The van der Waals surface area contributed by atoms with E-state index in [2.05, 4.69) is 21.2 Å². The van der Waals surface area contributed by atoms with Gasteiger partial charge in [0.2, 0.25) is 0 Å². The fraction of sp³-hybridized carbons (Fsp3) is 0.250. The highest BCUT2D eigenvalue weighted by Gasteiger charge is 2.10. The largest absolute Gasteiger partial charge is 0.494 e. The zero-order valence-electron chi connectivity index (χ0n) is 11.6. The average molecular weight is 356 g/mol. The van der Waals surface area contributed by atoms with Gasteiger partial charge in [-0.2, -0.15) is 0 Å². The summed E-state index contributed by atoms with van der Waals surface area (Å²) in [5.41, 5.74) is 0.767. The molecule has 0 saturated heterocycles. The predicted octanol–water partition coefficient (Wildman–Crippen LogP) is 5.13. The molecule has 0 unspecified atom stereocenters. The van der Waals surface area contributed by atoms with Gasteiger partial charge in [0.15, 0.2) is 0 Å². The minimum Gasteiger partial charge on any atom is -0.494 e. The number of ether oxygens (including phenoxy) is 1. The van der Waals surface area contributed by atoms with Crippen molar-refractivity contribution >= 4 is 21.6 Å². The van der Waals surface area contributed by atoms with Crippen LogP contribution in [0.4, 0.5) is 14.5 Å². The second kappa shape index (κ2) is 7.41. The molecule has 0 saturated carbocycles. The molecule has 2 nitrogen and oxygen atoms in total. The number of halogens is 3. The Morgan fingerprint density at radius 2 is 1.86 bits per heavy atom. The van der Waals surface area contributed by atoms with Gasteiger partial charge in [0.1, 0.15) is 23.1 Å². The molecule has 0 heterocycles. The molecule has 0 aromatic heterocycles. The minimum atomic E-state index is -0.625. The van der Waals surface area contributed by atoms with Crippen LogP contribution >= 0.6 is 15.9 Å². The molecule has 5 heteroatoms. The second-order valence-corrected chi connectivity index (χ2v) is 5.51. The molecule has 0 fully saturated rings. The third kappa shape index (κ3) is 4.43. The molecule has 1 N–H and O–H groups in total. The topological polar surface area (TPSA) is 21.3 Å². The molecule has 0 amide bonds. The summed E-state index contributed by atoms with van der Waals surface area (Å²) in [5, 5.41) is 2.78. The summed E-state index contributed by atoms with van der Waals surface area (Å²) < 4.78 is 33.3. The quantitative estimate of drug-likeness (QED) is 0.775. The summed E-state index contributed by atoms with van der Waals surface area (Å²) in [6.45, 7) is 3.00. The van der Waals surface area contributed by atoms with Gasteiger partial charge in [0, 0.05) is 11.0 Å². The van der Waals surface area contributed by atoms with E-state index in [9.17, 15) is 8.78 Å². The van der Waals surface area contributed by atoms with Gasteiger partial charge in [-0.1, -0.05) is 35.0 Å². The van der Waals surface area contributed by atoms with E-state index in [1.54, 1.807) is 0 Å². The van der Waals surface area contributed by atoms with Gasteiger partial charge in [-0.05, 0) is 36.2 Å². The predicted molar refractivity (Wildman–Crippen MR) is 83.6 cm³/mol. The lowest BCUT2D eigenvalue weighted by Crippen LogP contribution is -2.04. The Kier molecular flexibility index (Phi) is 5.56. The molecule has 0 aliphatic heterocycles. The molecule has 0 aliphatic rings. The van der Waals surface area contributed by atoms with Crippen LogP contribution in [0.15, 0.2) is 40.9 Å². The number of nitrogens with one attached hydrogen (secondary N) is 1. The van der Waals surface area contributed by atoms with Crippen molar-refractivity contribution in [2.24, 2.45) is 0 Å². The summed E-state index contributed by atoms with van der Waals surface area (Å²) in [7, 11) is 0. The Labute approximate surface area is 131 Å². The molecule has 2 aromatic carbocycles. The lowest BCUT2D eigenvalue weighted by molar-refractivity contribution is 0.317. The van der Waals surface area contributed by atoms with Gasteiger partial charge in [0.25, 0.3) is 0 Å². The number of hydrogen-bond donors (Lipinski definition) is 1. The van der Waals surface area contributed by atoms with Crippen LogP contribution in [0.3, 0.4) is 0 Å². The summed E-state index contributed by atoms with van der Waals surface area (Å²) in [6, 6.07) is 9.91. The van der Waals surface area contributed by atoms with E-state index in [-0.39, 0.29) is 5.69 Å². The van der Waals surface area contributed by atoms with Crippen LogP contribution in [0.25, 0.3) is 0 Å². The summed E-state index contributed by atoms with van der Waals surface area (Å²) >= 11 is 3.05. The van der Waals surface area contributed by atoms with Crippen LogP contribution in [0.5, 0.6) is 5.75 Å². The van der Waals surface area contributed by atoms with Gasteiger partial charge in [0.05, 0.1) is 6.61 Å². The lowest BCUT2D eigenvalue weighted by atomic mass is 10.2. The smallest absolute Gasteiger partial charge is 0.150 e. The number of anilines is 1. The molecular formula is C16H16BrF2NO. The van der Waals surface area contributed by atoms with Crippen molar-refractivity contribution in [3.05, 3.63) is 58.1 Å². The standard InChI is InChI=1S/C16H16BrF2NO/c1-2-6-21-13-5-3-4-11(7-13)10-20-16-14(18)8-12(17)9-15(16)19/h3-5,7-9,20H,2,6,10H2,1H3. The van der Waals surface area contributed by atoms with Crippen LogP contribution in [0.1, 0.15) is 18.9 Å². The Morgan fingerprint density at radius 3 is 2.52 bits per heavy atom. The van der Waals surface area contributed by atoms with E-state index in [1.807, 2.05) is 31.2 Å². The van der Waals surface area contributed by atoms with Crippen molar-refractivity contribution in [1.29, 1.82) is 0 Å². The average Bonchev–Trinajstić information content (AvgIpc) is 2.44. The Hall–Kier alpha value is -1.62. The fourth-order valence-electron chi connectivity index (χ4n) is 1.87. The molecule has 0 bridgehead atoms. The van der Waals surface area contributed by atoms with E-state index in [0.717, 1.165) is 17.7 Å². The van der Waals surface area contributed by atoms with Crippen molar-refractivity contribution in [1.82, 2.24) is 0 Å². The van der Waals surface area contributed by atoms with Crippen molar-refractivity contribution in [2.75, 3.05) is 11.9 Å². The SMILES string of the molecule is CCCOc1cccc(CNc2c(F)cc(Br)cc2F)c1. The fourth-order valence-corrected chi connectivity index (χ4v) is 2.27. The molecule has 2 aromatic rings. The molecule has 0 aliphatic carbocycles. The monoisotopic (exact) mass is 355 g/mol. The van der Waals surface area contributed by atoms with Gasteiger partial charge in [-0.15, -0.1) is 0 Å². The number of rotatable bonds is 6. The third-order valence-corrected chi connectivity index (χ3v) is 3.31. The van der Waals surface area contributed by atoms with Crippen molar-refractivity contribution in [3.63, 3.8) is 0 Å². The zero-order valence-corrected chi connectivity index (χ0v) is 13.2. The van der Waals surface area contributed by atoms with Crippen LogP contribution < -0.4 is 10.1 Å². The molecule has 0 atom stereocenters. The molecule has 2 rings (SSSR count). The van der Waals surface area contributed by atoms with Crippen molar-refractivity contribution in [2.45, 2.75) is 19.9 Å². The van der Waals surface area contributed by atoms with Crippen LogP contribution in [-0.2, 0) is 6.54 Å². The second-order valence-electron chi connectivity index (χ2n) is 4.59. The van der Waals surface area contributed by atoms with E-state index in [4.69, 9.17) is 4.74 Å². The first-order chi connectivity index (χ1) is 10.1. The highest BCUT2D eigenvalue weighted by molar-refractivity contribution is 9.10. The molecule has 0 radical (unpaired) electrons. The van der Waals surface area contributed by atoms with Crippen LogP contribution in [0, 0.1) is 11.6 Å². The van der Waals surface area contributed by atoms with E-state index in [0.29, 0.717) is 17.6 Å². The summed E-state index contributed by atoms with van der Waals surface area (Å²) in [4.78, 5) is 0. The highest BCUT2D eigenvalue weighted by atomic mass is 79.9. The first-order valence-corrected chi connectivity index (χ1v) is 7.49. The zero-order chi connectivity index (χ0) is 15.2. The molecule has 112 valence electrons. The molecule has 0 spiro atoms. The molecule has 21 heavy (non-hydrogen) atoms. The highest BCUT2D eigenvalue weighted by Crippen LogP contribution is 2.24. The van der Waals surface area contributed by atoms with Gasteiger partial charge in [-0.3, -0.25) is 0 Å². The normalized spacial score (nSPS) is 10.5.